The van der Waals surface area contributed by atoms with Gasteiger partial charge in [-0.15, -0.1) is 0 Å². The van der Waals surface area contributed by atoms with E-state index in [2.05, 4.69) is 42.9 Å². The summed E-state index contributed by atoms with van der Waals surface area (Å²) >= 11 is 6.84. The van der Waals surface area contributed by atoms with Crippen LogP contribution in [0, 0.1) is 11.3 Å². The zero-order chi connectivity index (χ0) is 21.6. The molecule has 152 valence electrons. The molecule has 1 heterocycles. The molecule has 31 heavy (non-hydrogen) atoms. The van der Waals surface area contributed by atoms with Gasteiger partial charge in [-0.25, -0.2) is 4.99 Å². The van der Waals surface area contributed by atoms with Crippen LogP contribution in [0.5, 0.6) is 5.75 Å². The smallest absolute Gasteiger partial charge is 0.237 e. The molecule has 0 fully saturated rings. The van der Waals surface area contributed by atoms with Crippen LogP contribution in [0.2, 0.25) is 0 Å². The number of nitrogens with zero attached hydrogens (tertiary/aromatic N) is 2. The Kier molecular flexibility index (Phi) is 6.66. The molecule has 0 aliphatic carbocycles. The Bertz CT molecular complexity index is 1240. The minimum atomic E-state index is 0.288. The number of furan rings is 1. The molecule has 0 N–H and O–H groups in total. The van der Waals surface area contributed by atoms with Crippen molar-refractivity contribution in [2.24, 2.45) is 4.99 Å². The molecule has 6 heteroatoms. The fourth-order valence-corrected chi connectivity index (χ4v) is 3.37. The molecule has 3 aromatic carbocycles. The molecule has 4 nitrogen and oxygen atoms in total. The lowest BCUT2D eigenvalue weighted by Crippen LogP contribution is -1.95. The van der Waals surface area contributed by atoms with E-state index in [1.807, 2.05) is 72.8 Å². The number of benzene rings is 3. The number of rotatable bonds is 6. The van der Waals surface area contributed by atoms with Crippen LogP contribution in [0.1, 0.15) is 16.7 Å². The van der Waals surface area contributed by atoms with Crippen molar-refractivity contribution < 1.29 is 9.15 Å². The molecule has 4 rings (SSSR count). The lowest BCUT2D eigenvalue weighted by atomic mass is 10.1. The highest BCUT2D eigenvalue weighted by Crippen LogP contribution is 2.31. The van der Waals surface area contributed by atoms with E-state index in [0.29, 0.717) is 17.9 Å². The van der Waals surface area contributed by atoms with Gasteiger partial charge < -0.3 is 9.15 Å². The highest BCUT2D eigenvalue weighted by molar-refractivity contribution is 9.10. The number of halogens is 2. The van der Waals surface area contributed by atoms with Crippen molar-refractivity contribution in [1.29, 1.82) is 5.26 Å². The summed E-state index contributed by atoms with van der Waals surface area (Å²) in [6.07, 6.45) is 1.67. The summed E-state index contributed by atoms with van der Waals surface area (Å²) in [5.74, 6) is 1.66. The number of aliphatic imine (C=N–C) groups is 1. The van der Waals surface area contributed by atoms with Gasteiger partial charge in [0.25, 0.3) is 0 Å². The minimum absolute atomic E-state index is 0.288. The van der Waals surface area contributed by atoms with Gasteiger partial charge in [0.05, 0.1) is 0 Å². The zero-order valence-electron chi connectivity index (χ0n) is 16.3. The molecule has 0 atom stereocenters. The largest absolute Gasteiger partial charge is 0.489 e. The third-order valence-electron chi connectivity index (χ3n) is 4.49. The van der Waals surface area contributed by atoms with Gasteiger partial charge in [0.2, 0.25) is 5.88 Å². The van der Waals surface area contributed by atoms with Crippen molar-refractivity contribution >= 4 is 44.0 Å². The third kappa shape index (κ3) is 5.52. The van der Waals surface area contributed by atoms with E-state index in [-0.39, 0.29) is 5.88 Å². The van der Waals surface area contributed by atoms with Gasteiger partial charge in [0.1, 0.15) is 29.7 Å². The Hall–Kier alpha value is -3.14. The molecule has 4 aromatic rings. The summed E-state index contributed by atoms with van der Waals surface area (Å²) in [6.45, 7) is 0.497. The molecule has 0 unspecified atom stereocenters. The first-order valence-corrected chi connectivity index (χ1v) is 11.0. The van der Waals surface area contributed by atoms with Gasteiger partial charge in [0.15, 0.2) is 0 Å². The number of ether oxygens (including phenoxy) is 1. The Morgan fingerprint density at radius 1 is 0.903 bits per heavy atom. The van der Waals surface area contributed by atoms with Crippen molar-refractivity contribution in [3.8, 4) is 23.1 Å². The van der Waals surface area contributed by atoms with Crippen LogP contribution in [0.4, 0.5) is 5.88 Å². The monoisotopic (exact) mass is 534 g/mol. The molecule has 0 radical (unpaired) electrons. The highest BCUT2D eigenvalue weighted by atomic mass is 79.9. The van der Waals surface area contributed by atoms with Crippen LogP contribution in [-0.4, -0.2) is 6.21 Å². The van der Waals surface area contributed by atoms with Crippen molar-refractivity contribution in [3.05, 3.63) is 104 Å². The first-order valence-electron chi connectivity index (χ1n) is 9.42. The molecular weight excluding hydrogens is 520 g/mol. The molecule has 0 aliphatic heterocycles. The van der Waals surface area contributed by atoms with E-state index in [4.69, 9.17) is 9.15 Å². The summed E-state index contributed by atoms with van der Waals surface area (Å²) in [5.41, 5.74) is 3.25. The maximum absolute atomic E-state index is 9.41. The Balaban J connectivity index is 1.44. The summed E-state index contributed by atoms with van der Waals surface area (Å²) in [4.78, 5) is 4.37. The van der Waals surface area contributed by atoms with Crippen LogP contribution in [0.15, 0.2) is 97.2 Å². The maximum atomic E-state index is 9.41. The Morgan fingerprint density at radius 3 is 2.19 bits per heavy atom. The first kappa shape index (κ1) is 21.1. The van der Waals surface area contributed by atoms with Crippen molar-refractivity contribution in [2.45, 2.75) is 6.61 Å². The topological polar surface area (TPSA) is 58.5 Å². The van der Waals surface area contributed by atoms with Crippen LogP contribution >= 0.6 is 31.9 Å². The molecule has 0 amide bonds. The average Bonchev–Trinajstić information content (AvgIpc) is 3.22. The van der Waals surface area contributed by atoms with Crippen LogP contribution in [0.3, 0.4) is 0 Å². The van der Waals surface area contributed by atoms with E-state index < -0.39 is 0 Å². The van der Waals surface area contributed by atoms with Gasteiger partial charge in [-0.05, 0) is 59.7 Å². The van der Waals surface area contributed by atoms with Crippen LogP contribution < -0.4 is 4.74 Å². The van der Waals surface area contributed by atoms with E-state index >= 15 is 0 Å². The Labute approximate surface area is 197 Å². The van der Waals surface area contributed by atoms with E-state index in [0.717, 1.165) is 31.4 Å². The van der Waals surface area contributed by atoms with Crippen LogP contribution in [-0.2, 0) is 6.61 Å². The minimum Gasteiger partial charge on any atom is -0.489 e. The number of nitriles is 1. The van der Waals surface area contributed by atoms with Gasteiger partial charge in [-0.1, -0.05) is 56.1 Å². The maximum Gasteiger partial charge on any atom is 0.237 e. The van der Waals surface area contributed by atoms with Gasteiger partial charge in [-0.3, -0.25) is 0 Å². The molecule has 0 saturated carbocycles. The second kappa shape index (κ2) is 9.78. The quantitative estimate of drug-likeness (QED) is 0.238. The third-order valence-corrected chi connectivity index (χ3v) is 5.55. The molecule has 0 saturated heterocycles. The standard InChI is InChI=1S/C25H16Br2N2O2/c26-21-7-1-18(2-8-21)16-30-23-11-3-17(4-12-23)15-29-25-20(14-28)13-24(31-25)19-5-9-22(27)10-6-19/h1-13,15H,16H2/b29-15+. The fourth-order valence-electron chi connectivity index (χ4n) is 2.84. The fraction of sp³-hybridized carbons (Fsp3) is 0.0400. The first-order chi connectivity index (χ1) is 15.1. The summed E-state index contributed by atoms with van der Waals surface area (Å²) < 4.78 is 13.7. The lowest BCUT2D eigenvalue weighted by molar-refractivity contribution is 0.306. The van der Waals surface area contributed by atoms with E-state index in [9.17, 15) is 5.26 Å². The van der Waals surface area contributed by atoms with Crippen molar-refractivity contribution in [1.82, 2.24) is 0 Å². The van der Waals surface area contributed by atoms with E-state index in [1.54, 1.807) is 12.3 Å². The van der Waals surface area contributed by atoms with E-state index in [1.165, 1.54) is 0 Å². The lowest BCUT2D eigenvalue weighted by Gasteiger charge is -2.06. The predicted octanol–water partition coefficient (Wildman–Crippen LogP) is 7.67. The second-order valence-electron chi connectivity index (χ2n) is 6.69. The molecular formula is C25H16Br2N2O2. The average molecular weight is 536 g/mol. The molecule has 0 aliphatic rings. The summed E-state index contributed by atoms with van der Waals surface area (Å²) in [5, 5.41) is 9.41. The Morgan fingerprint density at radius 2 is 1.55 bits per heavy atom. The van der Waals surface area contributed by atoms with Gasteiger partial charge in [0, 0.05) is 26.8 Å². The predicted molar refractivity (Wildman–Crippen MR) is 129 cm³/mol. The molecule has 1 aromatic heterocycles. The van der Waals surface area contributed by atoms with Crippen molar-refractivity contribution in [2.75, 3.05) is 0 Å². The number of hydrogen-bond donors (Lipinski definition) is 0. The second-order valence-corrected chi connectivity index (χ2v) is 8.52. The molecule has 0 spiro atoms. The summed E-state index contributed by atoms with van der Waals surface area (Å²) in [6, 6.07) is 27.1. The van der Waals surface area contributed by atoms with Crippen LogP contribution in [0.25, 0.3) is 11.3 Å². The highest BCUT2D eigenvalue weighted by Gasteiger charge is 2.11. The summed E-state index contributed by atoms with van der Waals surface area (Å²) in [7, 11) is 0. The van der Waals surface area contributed by atoms with Gasteiger partial charge in [-0.2, -0.15) is 5.26 Å². The normalized spacial score (nSPS) is 10.9. The SMILES string of the molecule is N#Cc1cc(-c2ccc(Br)cc2)oc1/N=C/c1ccc(OCc2ccc(Br)cc2)cc1. The van der Waals surface area contributed by atoms with Crippen molar-refractivity contribution in [3.63, 3.8) is 0 Å². The number of hydrogen-bond acceptors (Lipinski definition) is 4. The zero-order valence-corrected chi connectivity index (χ0v) is 19.4. The molecule has 0 bridgehead atoms. The van der Waals surface area contributed by atoms with Gasteiger partial charge >= 0.3 is 0 Å².